The number of hydrogen-bond acceptors (Lipinski definition) is 3. The van der Waals surface area contributed by atoms with Gasteiger partial charge in [-0.3, -0.25) is 0 Å². The molecule has 1 fully saturated rings. The van der Waals surface area contributed by atoms with Crippen molar-refractivity contribution >= 4 is 0 Å². The fraction of sp³-hybridized carbons (Fsp3) is 0.600. The van der Waals surface area contributed by atoms with E-state index in [9.17, 15) is 0 Å². The van der Waals surface area contributed by atoms with Gasteiger partial charge in [-0.25, -0.2) is 0 Å². The van der Waals surface area contributed by atoms with E-state index in [0.717, 1.165) is 37.2 Å². The van der Waals surface area contributed by atoms with Crippen LogP contribution in [0, 0.1) is 5.92 Å². The molecule has 1 heterocycles. The first-order chi connectivity index (χ1) is 8.74. The van der Waals surface area contributed by atoms with Gasteiger partial charge in [0.05, 0.1) is 7.11 Å². The van der Waals surface area contributed by atoms with Crippen LogP contribution in [0.25, 0.3) is 0 Å². The molecule has 1 aromatic carbocycles. The van der Waals surface area contributed by atoms with Crippen molar-refractivity contribution in [2.45, 2.75) is 32.2 Å². The van der Waals surface area contributed by atoms with E-state index in [0.29, 0.717) is 5.92 Å². The Morgan fingerprint density at radius 2 is 2.33 bits per heavy atom. The number of benzene rings is 1. The average molecular weight is 248 g/mol. The molecule has 1 aromatic rings. The van der Waals surface area contributed by atoms with Crippen molar-refractivity contribution < 1.29 is 4.74 Å². The molecule has 2 atom stereocenters. The molecule has 100 valence electrons. The fourth-order valence-electron chi connectivity index (χ4n) is 2.70. The highest BCUT2D eigenvalue weighted by Gasteiger charge is 2.20. The maximum atomic E-state index is 6.37. The molecular weight excluding hydrogens is 224 g/mol. The van der Waals surface area contributed by atoms with E-state index in [-0.39, 0.29) is 6.04 Å². The average Bonchev–Trinajstić information content (AvgIpc) is 2.90. The SMILES string of the molecule is CCc1ccc(OC)c(C(N)CC2CCNC2)c1. The zero-order valence-corrected chi connectivity index (χ0v) is 11.4. The number of ether oxygens (including phenoxy) is 1. The second kappa shape index (κ2) is 6.21. The van der Waals surface area contributed by atoms with Crippen molar-refractivity contribution in [3.05, 3.63) is 29.3 Å². The van der Waals surface area contributed by atoms with Crippen molar-refractivity contribution in [1.82, 2.24) is 5.32 Å². The maximum Gasteiger partial charge on any atom is 0.123 e. The van der Waals surface area contributed by atoms with Gasteiger partial charge in [0.15, 0.2) is 0 Å². The van der Waals surface area contributed by atoms with E-state index in [1.165, 1.54) is 12.0 Å². The van der Waals surface area contributed by atoms with Crippen molar-refractivity contribution in [3.8, 4) is 5.75 Å². The lowest BCUT2D eigenvalue weighted by Crippen LogP contribution is -2.18. The molecule has 18 heavy (non-hydrogen) atoms. The Balaban J connectivity index is 2.13. The summed E-state index contributed by atoms with van der Waals surface area (Å²) >= 11 is 0. The molecule has 1 aliphatic rings. The van der Waals surface area contributed by atoms with Gasteiger partial charge in [0.2, 0.25) is 0 Å². The third-order valence-corrected chi connectivity index (χ3v) is 3.85. The van der Waals surface area contributed by atoms with Crippen LogP contribution in [0.2, 0.25) is 0 Å². The first kappa shape index (κ1) is 13.4. The van der Waals surface area contributed by atoms with Gasteiger partial charge in [0, 0.05) is 11.6 Å². The summed E-state index contributed by atoms with van der Waals surface area (Å²) in [5.41, 5.74) is 8.85. The van der Waals surface area contributed by atoms with Crippen LogP contribution >= 0.6 is 0 Å². The van der Waals surface area contributed by atoms with Crippen molar-refractivity contribution in [3.63, 3.8) is 0 Å². The van der Waals surface area contributed by atoms with Crippen LogP contribution in [-0.2, 0) is 6.42 Å². The van der Waals surface area contributed by atoms with E-state index >= 15 is 0 Å². The largest absolute Gasteiger partial charge is 0.496 e. The van der Waals surface area contributed by atoms with Crippen molar-refractivity contribution in [1.29, 1.82) is 0 Å². The van der Waals surface area contributed by atoms with E-state index in [1.807, 2.05) is 6.07 Å². The summed E-state index contributed by atoms with van der Waals surface area (Å²) in [5, 5.41) is 3.39. The minimum Gasteiger partial charge on any atom is -0.496 e. The first-order valence-corrected chi connectivity index (χ1v) is 6.87. The smallest absolute Gasteiger partial charge is 0.123 e. The quantitative estimate of drug-likeness (QED) is 0.840. The lowest BCUT2D eigenvalue weighted by atomic mass is 9.93. The van der Waals surface area contributed by atoms with E-state index in [4.69, 9.17) is 10.5 Å². The van der Waals surface area contributed by atoms with Crippen LogP contribution in [0.5, 0.6) is 5.75 Å². The van der Waals surface area contributed by atoms with Crippen LogP contribution in [-0.4, -0.2) is 20.2 Å². The number of rotatable bonds is 5. The molecule has 1 saturated heterocycles. The monoisotopic (exact) mass is 248 g/mol. The lowest BCUT2D eigenvalue weighted by Gasteiger charge is -2.19. The molecule has 3 N–H and O–H groups in total. The van der Waals surface area contributed by atoms with E-state index in [1.54, 1.807) is 7.11 Å². The number of methoxy groups -OCH3 is 1. The Bertz CT molecular complexity index is 386. The second-order valence-electron chi connectivity index (χ2n) is 5.13. The number of nitrogens with one attached hydrogen (secondary N) is 1. The Morgan fingerprint density at radius 1 is 1.50 bits per heavy atom. The third kappa shape index (κ3) is 3.03. The second-order valence-corrected chi connectivity index (χ2v) is 5.13. The molecular formula is C15H24N2O. The van der Waals surface area contributed by atoms with Gasteiger partial charge < -0.3 is 15.8 Å². The zero-order valence-electron chi connectivity index (χ0n) is 11.4. The van der Waals surface area contributed by atoms with Crippen LogP contribution < -0.4 is 15.8 Å². The molecule has 0 saturated carbocycles. The summed E-state index contributed by atoms with van der Waals surface area (Å²) in [5.74, 6) is 1.63. The van der Waals surface area contributed by atoms with Crippen LogP contribution in [0.1, 0.15) is 36.9 Å². The van der Waals surface area contributed by atoms with Gasteiger partial charge in [0.1, 0.15) is 5.75 Å². The van der Waals surface area contributed by atoms with Crippen molar-refractivity contribution in [2.75, 3.05) is 20.2 Å². The van der Waals surface area contributed by atoms with E-state index < -0.39 is 0 Å². The lowest BCUT2D eigenvalue weighted by molar-refractivity contribution is 0.396. The van der Waals surface area contributed by atoms with Crippen LogP contribution in [0.3, 0.4) is 0 Å². The van der Waals surface area contributed by atoms with Gasteiger partial charge in [0.25, 0.3) is 0 Å². The summed E-state index contributed by atoms with van der Waals surface area (Å²) < 4.78 is 5.43. The van der Waals surface area contributed by atoms with Crippen molar-refractivity contribution in [2.24, 2.45) is 11.7 Å². The van der Waals surface area contributed by atoms with Gasteiger partial charge in [-0.2, -0.15) is 0 Å². The zero-order chi connectivity index (χ0) is 13.0. The standard InChI is InChI=1S/C15H24N2O/c1-3-11-4-5-15(18-2)13(8-11)14(16)9-12-6-7-17-10-12/h4-5,8,12,14,17H,3,6-7,9-10,16H2,1-2H3. The number of hydrogen-bond donors (Lipinski definition) is 2. The highest BCUT2D eigenvalue weighted by Crippen LogP contribution is 2.30. The molecule has 0 aromatic heterocycles. The topological polar surface area (TPSA) is 47.3 Å². The Kier molecular flexibility index (Phi) is 4.61. The fourth-order valence-corrected chi connectivity index (χ4v) is 2.70. The van der Waals surface area contributed by atoms with Gasteiger partial charge >= 0.3 is 0 Å². The number of aryl methyl sites for hydroxylation is 1. The van der Waals surface area contributed by atoms with Crippen LogP contribution in [0.4, 0.5) is 0 Å². The molecule has 0 bridgehead atoms. The Labute approximate surface area is 110 Å². The predicted molar refractivity (Wildman–Crippen MR) is 74.9 cm³/mol. The van der Waals surface area contributed by atoms with E-state index in [2.05, 4.69) is 24.4 Å². The predicted octanol–water partition coefficient (Wildman–Crippen LogP) is 2.26. The normalized spacial score (nSPS) is 20.9. The summed E-state index contributed by atoms with van der Waals surface area (Å²) in [6, 6.07) is 6.44. The molecule has 0 spiro atoms. The minimum absolute atomic E-state index is 0.0800. The van der Waals surface area contributed by atoms with Gasteiger partial charge in [-0.15, -0.1) is 0 Å². The number of nitrogens with two attached hydrogens (primary N) is 1. The molecule has 2 rings (SSSR count). The molecule has 0 aliphatic carbocycles. The Hall–Kier alpha value is -1.06. The van der Waals surface area contributed by atoms with Gasteiger partial charge in [-0.1, -0.05) is 19.1 Å². The molecule has 1 aliphatic heterocycles. The van der Waals surface area contributed by atoms with Gasteiger partial charge in [-0.05, 0) is 49.9 Å². The maximum absolute atomic E-state index is 6.37. The van der Waals surface area contributed by atoms with Crippen LogP contribution in [0.15, 0.2) is 18.2 Å². The first-order valence-electron chi connectivity index (χ1n) is 6.87. The summed E-state index contributed by atoms with van der Waals surface area (Å²) in [7, 11) is 1.72. The molecule has 3 heteroatoms. The molecule has 0 radical (unpaired) electrons. The minimum atomic E-state index is 0.0800. The molecule has 2 unspecified atom stereocenters. The summed E-state index contributed by atoms with van der Waals surface area (Å²) in [6.45, 7) is 4.39. The molecule has 0 amide bonds. The molecule has 3 nitrogen and oxygen atoms in total. The Morgan fingerprint density at radius 3 is 2.94 bits per heavy atom. The summed E-state index contributed by atoms with van der Waals surface area (Å²) in [4.78, 5) is 0. The third-order valence-electron chi connectivity index (χ3n) is 3.85. The highest BCUT2D eigenvalue weighted by molar-refractivity contribution is 5.39. The highest BCUT2D eigenvalue weighted by atomic mass is 16.5. The summed E-state index contributed by atoms with van der Waals surface area (Å²) in [6.07, 6.45) is 3.31.